The maximum Gasteiger partial charge on any atom is 0.420 e. The van der Waals surface area contributed by atoms with Crippen molar-refractivity contribution in [2.45, 2.75) is 18.8 Å². The van der Waals surface area contributed by atoms with Gasteiger partial charge in [-0.05, 0) is 12.1 Å². The molecule has 1 fully saturated rings. The van der Waals surface area contributed by atoms with Crippen LogP contribution in [-0.2, 0) is 11.3 Å². The van der Waals surface area contributed by atoms with Gasteiger partial charge in [0.25, 0.3) is 0 Å². The summed E-state index contributed by atoms with van der Waals surface area (Å²) in [6, 6.07) is 6.84. The Hall–Kier alpha value is -2.12. The molecular weight excluding hydrogens is 264 g/mol. The van der Waals surface area contributed by atoms with Gasteiger partial charge in [-0.3, -0.25) is 9.36 Å². The molecule has 2 N–H and O–H groups in total. The summed E-state index contributed by atoms with van der Waals surface area (Å²) in [6.07, 6.45) is -1.87. The fourth-order valence-electron chi connectivity index (χ4n) is 2.37. The molecule has 2 heterocycles. The van der Waals surface area contributed by atoms with Crippen molar-refractivity contribution in [3.8, 4) is 0 Å². The van der Waals surface area contributed by atoms with Gasteiger partial charge in [0.15, 0.2) is 5.58 Å². The minimum absolute atomic E-state index is 0.0739. The molecular formula is C13H14N2O5. The number of benzene rings is 1. The van der Waals surface area contributed by atoms with Crippen molar-refractivity contribution in [3.63, 3.8) is 0 Å². The zero-order valence-electron chi connectivity index (χ0n) is 10.6. The topological polar surface area (TPSA) is 95.9 Å². The summed E-state index contributed by atoms with van der Waals surface area (Å²) >= 11 is 0. The minimum Gasteiger partial charge on any atom is -0.408 e. The van der Waals surface area contributed by atoms with Crippen LogP contribution in [0.15, 0.2) is 33.5 Å². The molecule has 7 nitrogen and oxygen atoms in total. The Labute approximate surface area is 113 Å². The van der Waals surface area contributed by atoms with E-state index in [1.54, 1.807) is 24.3 Å². The predicted octanol–water partition coefficient (Wildman–Crippen LogP) is -0.842. The van der Waals surface area contributed by atoms with Crippen LogP contribution in [-0.4, -0.2) is 50.9 Å². The number of oxazole rings is 1. The number of nitrogens with zero attached hydrogens (tertiary/aromatic N) is 2. The summed E-state index contributed by atoms with van der Waals surface area (Å²) in [5, 5.41) is 18.9. The Kier molecular flexibility index (Phi) is 3.07. The van der Waals surface area contributed by atoms with Crippen molar-refractivity contribution in [3.05, 3.63) is 34.8 Å². The summed E-state index contributed by atoms with van der Waals surface area (Å²) in [5.41, 5.74) is 0.970. The zero-order valence-corrected chi connectivity index (χ0v) is 10.6. The molecule has 1 amide bonds. The van der Waals surface area contributed by atoms with Crippen LogP contribution in [0.25, 0.3) is 11.1 Å². The van der Waals surface area contributed by atoms with Gasteiger partial charge in [-0.15, -0.1) is 0 Å². The lowest BCUT2D eigenvalue weighted by atomic mass is 10.3. The van der Waals surface area contributed by atoms with Gasteiger partial charge >= 0.3 is 5.76 Å². The first kappa shape index (κ1) is 12.9. The third kappa shape index (κ3) is 2.10. The molecule has 1 aliphatic heterocycles. The van der Waals surface area contributed by atoms with Crippen LogP contribution in [0.4, 0.5) is 0 Å². The van der Waals surface area contributed by atoms with E-state index in [0.29, 0.717) is 11.1 Å². The number of aliphatic hydroxyl groups is 2. The predicted molar refractivity (Wildman–Crippen MR) is 69.1 cm³/mol. The van der Waals surface area contributed by atoms with Crippen molar-refractivity contribution < 1.29 is 19.4 Å². The van der Waals surface area contributed by atoms with Crippen LogP contribution < -0.4 is 5.76 Å². The molecule has 3 rings (SSSR count). The molecule has 1 aliphatic rings. The van der Waals surface area contributed by atoms with E-state index in [4.69, 9.17) is 4.42 Å². The highest BCUT2D eigenvalue weighted by molar-refractivity contribution is 5.79. The number of carbonyl (C=O) groups excluding carboxylic acids is 1. The minimum atomic E-state index is -0.934. The van der Waals surface area contributed by atoms with Crippen molar-refractivity contribution in [1.29, 1.82) is 0 Å². The highest BCUT2D eigenvalue weighted by Crippen LogP contribution is 2.14. The van der Waals surface area contributed by atoms with Gasteiger partial charge in [-0.2, -0.15) is 0 Å². The Morgan fingerprint density at radius 2 is 1.90 bits per heavy atom. The third-order valence-electron chi connectivity index (χ3n) is 3.48. The molecule has 7 heteroatoms. The molecule has 2 atom stereocenters. The van der Waals surface area contributed by atoms with Crippen molar-refractivity contribution in [2.75, 3.05) is 13.1 Å². The maximum atomic E-state index is 12.1. The van der Waals surface area contributed by atoms with Crippen LogP contribution in [0.1, 0.15) is 0 Å². The van der Waals surface area contributed by atoms with Gasteiger partial charge in [-0.25, -0.2) is 4.79 Å². The van der Waals surface area contributed by atoms with Crippen LogP contribution in [0, 0.1) is 0 Å². The molecule has 106 valence electrons. The van der Waals surface area contributed by atoms with E-state index in [0.717, 1.165) is 0 Å². The normalized spacial score (nSPS) is 22.6. The van der Waals surface area contributed by atoms with Gasteiger partial charge in [0, 0.05) is 13.1 Å². The first-order valence-corrected chi connectivity index (χ1v) is 6.28. The number of β-amino-alcohol motifs (C(OH)–C–C–N with tert-alkyl or cyclic N) is 2. The second-order valence-corrected chi connectivity index (χ2v) is 4.86. The van der Waals surface area contributed by atoms with E-state index >= 15 is 0 Å². The molecule has 2 unspecified atom stereocenters. The van der Waals surface area contributed by atoms with E-state index in [1.807, 2.05) is 0 Å². The number of likely N-dealkylation sites (tertiary alicyclic amines) is 1. The second-order valence-electron chi connectivity index (χ2n) is 4.86. The fraction of sp³-hybridized carbons (Fsp3) is 0.385. The summed E-state index contributed by atoms with van der Waals surface area (Å²) in [6.45, 7) is -0.0235. The zero-order chi connectivity index (χ0) is 14.3. The average molecular weight is 278 g/mol. The number of hydrogen-bond acceptors (Lipinski definition) is 5. The summed E-state index contributed by atoms with van der Waals surface area (Å²) in [7, 11) is 0. The summed E-state index contributed by atoms with van der Waals surface area (Å²) in [4.78, 5) is 25.2. The summed E-state index contributed by atoms with van der Waals surface area (Å²) < 4.78 is 6.29. The quantitative estimate of drug-likeness (QED) is 0.746. The highest BCUT2D eigenvalue weighted by Gasteiger charge is 2.32. The number of rotatable bonds is 2. The second kappa shape index (κ2) is 4.77. The van der Waals surface area contributed by atoms with Crippen LogP contribution in [0.3, 0.4) is 0 Å². The van der Waals surface area contributed by atoms with E-state index in [1.165, 1.54) is 9.47 Å². The standard InChI is InChI=1S/C13H14N2O5/c16-9-5-14(6-10(9)17)12(18)7-15-8-3-1-2-4-11(8)20-13(15)19/h1-4,9-10,16-17H,5-7H2. The van der Waals surface area contributed by atoms with E-state index in [-0.39, 0.29) is 25.5 Å². The lowest BCUT2D eigenvalue weighted by Crippen LogP contribution is -2.34. The molecule has 20 heavy (non-hydrogen) atoms. The largest absolute Gasteiger partial charge is 0.420 e. The first-order chi connectivity index (χ1) is 9.56. The SMILES string of the molecule is O=C(Cn1c(=O)oc2ccccc21)N1CC(O)C(O)C1. The lowest BCUT2D eigenvalue weighted by molar-refractivity contribution is -0.131. The molecule has 0 spiro atoms. The first-order valence-electron chi connectivity index (χ1n) is 6.28. The van der Waals surface area contributed by atoms with Crippen molar-refractivity contribution >= 4 is 17.0 Å². The molecule has 1 aromatic heterocycles. The Morgan fingerprint density at radius 1 is 1.25 bits per heavy atom. The summed E-state index contributed by atoms with van der Waals surface area (Å²) in [5.74, 6) is -0.936. The van der Waals surface area contributed by atoms with Gasteiger partial charge in [0.2, 0.25) is 5.91 Å². The molecule has 1 saturated heterocycles. The molecule has 0 radical (unpaired) electrons. The number of aliphatic hydroxyl groups excluding tert-OH is 2. The van der Waals surface area contributed by atoms with Gasteiger partial charge in [0.05, 0.1) is 17.7 Å². The molecule has 1 aromatic carbocycles. The fourth-order valence-corrected chi connectivity index (χ4v) is 2.37. The Morgan fingerprint density at radius 3 is 2.60 bits per heavy atom. The average Bonchev–Trinajstić information content (AvgIpc) is 2.91. The van der Waals surface area contributed by atoms with Crippen LogP contribution in [0.2, 0.25) is 0 Å². The van der Waals surface area contributed by atoms with E-state index < -0.39 is 18.0 Å². The Balaban J connectivity index is 1.85. The van der Waals surface area contributed by atoms with Gasteiger partial charge in [0.1, 0.15) is 6.54 Å². The van der Waals surface area contributed by atoms with Crippen molar-refractivity contribution in [1.82, 2.24) is 9.47 Å². The molecule has 0 saturated carbocycles. The van der Waals surface area contributed by atoms with Crippen molar-refractivity contribution in [2.24, 2.45) is 0 Å². The highest BCUT2D eigenvalue weighted by atomic mass is 16.4. The maximum absolute atomic E-state index is 12.1. The molecule has 0 bridgehead atoms. The number of carbonyl (C=O) groups is 1. The number of amides is 1. The smallest absolute Gasteiger partial charge is 0.408 e. The number of fused-ring (bicyclic) bond motifs is 1. The van der Waals surface area contributed by atoms with Crippen LogP contribution >= 0.6 is 0 Å². The number of aromatic nitrogens is 1. The monoisotopic (exact) mass is 278 g/mol. The van der Waals surface area contributed by atoms with Gasteiger partial charge < -0.3 is 19.5 Å². The van der Waals surface area contributed by atoms with Gasteiger partial charge in [-0.1, -0.05) is 12.1 Å². The van der Waals surface area contributed by atoms with Crippen LogP contribution in [0.5, 0.6) is 0 Å². The molecule has 2 aromatic rings. The van der Waals surface area contributed by atoms with E-state index in [9.17, 15) is 19.8 Å². The Bertz CT molecular complexity index is 694. The third-order valence-corrected chi connectivity index (χ3v) is 3.48. The molecule has 0 aliphatic carbocycles. The number of para-hydroxylation sites is 2. The number of hydrogen-bond donors (Lipinski definition) is 2. The van der Waals surface area contributed by atoms with E-state index in [2.05, 4.69) is 0 Å². The lowest BCUT2D eigenvalue weighted by Gasteiger charge is -2.15.